The van der Waals surface area contributed by atoms with Gasteiger partial charge < -0.3 is 10.1 Å². The minimum atomic E-state index is -3.69. The van der Waals surface area contributed by atoms with Crippen molar-refractivity contribution in [1.82, 2.24) is 9.29 Å². The van der Waals surface area contributed by atoms with Crippen LogP contribution in [0.3, 0.4) is 0 Å². The van der Waals surface area contributed by atoms with E-state index in [1.165, 1.54) is 25.2 Å². The van der Waals surface area contributed by atoms with Gasteiger partial charge in [0.2, 0.25) is 15.6 Å². The topological polar surface area (TPSA) is 90.5 Å². The average Bonchev–Trinajstić information content (AvgIpc) is 2.39. The molecule has 1 aromatic carbocycles. The second-order valence-corrected chi connectivity index (χ2v) is 6.36. The number of benzene rings is 1. The maximum absolute atomic E-state index is 12.3. The number of hydrogen-bond donors (Lipinski definition) is 2. The third-order valence-corrected chi connectivity index (χ3v) is 4.58. The van der Waals surface area contributed by atoms with Crippen molar-refractivity contribution >= 4 is 10.0 Å². The van der Waals surface area contributed by atoms with Gasteiger partial charge in [-0.25, -0.2) is 8.42 Å². The standard InChI is InChI=1S/C13H14N2O4S/c1-15(9-10-3-2-4-11(16)7-10)20(18,19)12-5-6-13(17)14-8-12/h2-8,16H,9H2,1H3,(H,14,17). The predicted octanol–water partition coefficient (Wildman–Crippen LogP) is 0.901. The minimum absolute atomic E-state index is 0.0137. The van der Waals surface area contributed by atoms with Crippen LogP contribution in [0.25, 0.3) is 0 Å². The Morgan fingerprint density at radius 2 is 2.00 bits per heavy atom. The number of aromatic hydroxyl groups is 1. The highest BCUT2D eigenvalue weighted by molar-refractivity contribution is 7.89. The molecule has 1 aromatic heterocycles. The van der Waals surface area contributed by atoms with Gasteiger partial charge in [0, 0.05) is 25.9 Å². The Bertz CT molecular complexity index is 747. The molecule has 0 amide bonds. The predicted molar refractivity (Wildman–Crippen MR) is 73.8 cm³/mol. The van der Waals surface area contributed by atoms with E-state index in [-0.39, 0.29) is 22.7 Å². The first-order valence-corrected chi connectivity index (χ1v) is 7.26. The number of phenols is 1. The van der Waals surface area contributed by atoms with Gasteiger partial charge in [-0.2, -0.15) is 4.31 Å². The van der Waals surface area contributed by atoms with Gasteiger partial charge in [-0.3, -0.25) is 4.79 Å². The maximum Gasteiger partial charge on any atom is 0.247 e. The van der Waals surface area contributed by atoms with E-state index in [9.17, 15) is 18.3 Å². The van der Waals surface area contributed by atoms with Gasteiger partial charge in [0.25, 0.3) is 0 Å². The Kier molecular flexibility index (Phi) is 3.91. The lowest BCUT2D eigenvalue weighted by Crippen LogP contribution is -2.27. The van der Waals surface area contributed by atoms with Crippen LogP contribution < -0.4 is 5.56 Å². The Balaban J connectivity index is 2.25. The van der Waals surface area contributed by atoms with E-state index in [4.69, 9.17) is 0 Å². The number of H-pyrrole nitrogens is 1. The van der Waals surface area contributed by atoms with Crippen LogP contribution in [0.15, 0.2) is 52.3 Å². The van der Waals surface area contributed by atoms with Gasteiger partial charge in [0.1, 0.15) is 5.75 Å². The smallest absolute Gasteiger partial charge is 0.247 e. The molecule has 7 heteroatoms. The Labute approximate surface area is 116 Å². The first kappa shape index (κ1) is 14.3. The fraction of sp³-hybridized carbons (Fsp3) is 0.154. The molecule has 0 aliphatic rings. The largest absolute Gasteiger partial charge is 0.508 e. The quantitative estimate of drug-likeness (QED) is 0.876. The van der Waals surface area contributed by atoms with Gasteiger partial charge in [-0.1, -0.05) is 12.1 Å². The maximum atomic E-state index is 12.3. The van der Waals surface area contributed by atoms with Crippen LogP contribution >= 0.6 is 0 Å². The zero-order chi connectivity index (χ0) is 14.8. The van der Waals surface area contributed by atoms with E-state index in [0.29, 0.717) is 5.56 Å². The highest BCUT2D eigenvalue weighted by Crippen LogP contribution is 2.17. The molecule has 2 aromatic rings. The van der Waals surface area contributed by atoms with Crippen LogP contribution in [0.2, 0.25) is 0 Å². The molecule has 1 heterocycles. The summed E-state index contributed by atoms with van der Waals surface area (Å²) in [6.45, 7) is 0.121. The fourth-order valence-electron chi connectivity index (χ4n) is 1.73. The molecule has 2 rings (SSSR count). The lowest BCUT2D eigenvalue weighted by atomic mass is 10.2. The van der Waals surface area contributed by atoms with Crippen molar-refractivity contribution < 1.29 is 13.5 Å². The molecular formula is C13H14N2O4S. The number of sulfonamides is 1. The summed E-state index contributed by atoms with van der Waals surface area (Å²) in [6.07, 6.45) is 1.16. The van der Waals surface area contributed by atoms with Crippen molar-refractivity contribution in [2.75, 3.05) is 7.05 Å². The molecule has 20 heavy (non-hydrogen) atoms. The minimum Gasteiger partial charge on any atom is -0.508 e. The van der Waals surface area contributed by atoms with Crippen molar-refractivity contribution in [1.29, 1.82) is 0 Å². The normalized spacial score (nSPS) is 11.7. The molecule has 0 saturated heterocycles. The van der Waals surface area contributed by atoms with Crippen LogP contribution in [-0.2, 0) is 16.6 Å². The lowest BCUT2D eigenvalue weighted by molar-refractivity contribution is 0.458. The lowest BCUT2D eigenvalue weighted by Gasteiger charge is -2.17. The highest BCUT2D eigenvalue weighted by atomic mass is 32.2. The van der Waals surface area contributed by atoms with Crippen molar-refractivity contribution in [2.24, 2.45) is 0 Å². The Morgan fingerprint density at radius 1 is 1.25 bits per heavy atom. The Morgan fingerprint density at radius 3 is 2.60 bits per heavy atom. The van der Waals surface area contributed by atoms with Crippen molar-refractivity contribution in [3.05, 3.63) is 58.5 Å². The van der Waals surface area contributed by atoms with Crippen LogP contribution in [-0.4, -0.2) is 29.9 Å². The van der Waals surface area contributed by atoms with Gasteiger partial charge in [-0.15, -0.1) is 0 Å². The molecule has 0 bridgehead atoms. The van der Waals surface area contributed by atoms with Gasteiger partial charge >= 0.3 is 0 Å². The number of nitrogens with one attached hydrogen (secondary N) is 1. The van der Waals surface area contributed by atoms with E-state index < -0.39 is 10.0 Å². The van der Waals surface area contributed by atoms with E-state index in [1.807, 2.05) is 0 Å². The summed E-state index contributed by atoms with van der Waals surface area (Å²) in [5, 5.41) is 9.37. The number of hydrogen-bond acceptors (Lipinski definition) is 4. The van der Waals surface area contributed by atoms with Crippen LogP contribution in [0.5, 0.6) is 5.75 Å². The number of rotatable bonds is 4. The van der Waals surface area contributed by atoms with Crippen LogP contribution in [0.1, 0.15) is 5.56 Å². The molecule has 2 N–H and O–H groups in total. The molecule has 0 fully saturated rings. The van der Waals surface area contributed by atoms with E-state index in [2.05, 4.69) is 4.98 Å². The molecule has 0 saturated carbocycles. The number of phenolic OH excluding ortho intramolecular Hbond substituents is 1. The molecule has 0 radical (unpaired) electrons. The van der Waals surface area contributed by atoms with Crippen LogP contribution in [0, 0.1) is 0 Å². The molecule has 0 aliphatic carbocycles. The zero-order valence-corrected chi connectivity index (χ0v) is 11.6. The molecule has 0 spiro atoms. The van der Waals surface area contributed by atoms with Gasteiger partial charge in [0.15, 0.2) is 0 Å². The fourth-order valence-corrected chi connectivity index (χ4v) is 2.86. The first-order valence-electron chi connectivity index (χ1n) is 5.82. The number of nitrogens with zero attached hydrogens (tertiary/aromatic N) is 1. The summed E-state index contributed by atoms with van der Waals surface area (Å²) < 4.78 is 25.7. The zero-order valence-electron chi connectivity index (χ0n) is 10.8. The van der Waals surface area contributed by atoms with Crippen molar-refractivity contribution in [2.45, 2.75) is 11.4 Å². The molecule has 0 unspecified atom stereocenters. The third-order valence-electron chi connectivity index (χ3n) is 2.78. The molecule has 106 valence electrons. The average molecular weight is 294 g/mol. The third kappa shape index (κ3) is 3.06. The highest BCUT2D eigenvalue weighted by Gasteiger charge is 2.21. The summed E-state index contributed by atoms with van der Waals surface area (Å²) in [5.41, 5.74) is 0.306. The second kappa shape index (κ2) is 5.48. The van der Waals surface area contributed by atoms with Crippen molar-refractivity contribution in [3.63, 3.8) is 0 Å². The van der Waals surface area contributed by atoms with Crippen LogP contribution in [0.4, 0.5) is 0 Å². The second-order valence-electron chi connectivity index (χ2n) is 4.32. The van der Waals surface area contributed by atoms with Gasteiger partial charge in [-0.05, 0) is 23.8 Å². The van der Waals surface area contributed by atoms with E-state index in [1.54, 1.807) is 12.1 Å². The molecule has 0 atom stereocenters. The van der Waals surface area contributed by atoms with E-state index in [0.717, 1.165) is 16.6 Å². The summed E-state index contributed by atoms with van der Waals surface area (Å²) in [7, 11) is -2.25. The summed E-state index contributed by atoms with van der Waals surface area (Å²) in [4.78, 5) is 13.3. The SMILES string of the molecule is CN(Cc1cccc(O)c1)S(=O)(=O)c1ccc(=O)[nH]c1. The summed E-state index contributed by atoms with van der Waals surface area (Å²) >= 11 is 0. The first-order chi connectivity index (χ1) is 9.39. The molecule has 6 nitrogen and oxygen atoms in total. The van der Waals surface area contributed by atoms with Crippen molar-refractivity contribution in [3.8, 4) is 5.75 Å². The molecular weight excluding hydrogens is 280 g/mol. The monoisotopic (exact) mass is 294 g/mol. The summed E-state index contributed by atoms with van der Waals surface area (Å²) in [5.74, 6) is 0.0809. The van der Waals surface area contributed by atoms with E-state index >= 15 is 0 Å². The number of aromatic nitrogens is 1. The molecule has 0 aliphatic heterocycles. The Hall–Kier alpha value is -2.12. The number of aromatic amines is 1. The van der Waals surface area contributed by atoms with Gasteiger partial charge in [0.05, 0.1) is 4.90 Å². The summed E-state index contributed by atoms with van der Waals surface area (Å²) in [6, 6.07) is 8.80. The number of pyridine rings is 1.